The van der Waals surface area contributed by atoms with Crippen LogP contribution in [0.4, 0.5) is 10.7 Å². The van der Waals surface area contributed by atoms with Crippen LogP contribution in [0.25, 0.3) is 0 Å². The van der Waals surface area contributed by atoms with Gasteiger partial charge in [-0.25, -0.2) is 9.59 Å². The second kappa shape index (κ2) is 9.69. The molecule has 10 nitrogen and oxygen atoms in total. The van der Waals surface area contributed by atoms with Crippen molar-refractivity contribution < 1.29 is 33.4 Å². The first-order chi connectivity index (χ1) is 15.2. The maximum absolute atomic E-state index is 12.4. The number of amides is 2. The summed E-state index contributed by atoms with van der Waals surface area (Å²) in [6.45, 7) is 1.74. The molecule has 1 aromatic carbocycles. The highest BCUT2D eigenvalue weighted by molar-refractivity contribution is 7.17. The first-order valence-electron chi connectivity index (χ1n) is 9.64. The van der Waals surface area contributed by atoms with E-state index in [1.807, 2.05) is 0 Å². The molecule has 11 heteroatoms. The van der Waals surface area contributed by atoms with Gasteiger partial charge in [-0.2, -0.15) is 0 Å². The van der Waals surface area contributed by atoms with E-state index in [9.17, 15) is 19.2 Å². The molecule has 0 atom stereocenters. The lowest BCUT2D eigenvalue weighted by Crippen LogP contribution is -2.33. The zero-order valence-corrected chi connectivity index (χ0v) is 18.7. The molecule has 0 saturated heterocycles. The number of nitrogens with two attached hydrogens (primary N) is 1. The van der Waals surface area contributed by atoms with Gasteiger partial charge in [-0.05, 0) is 30.2 Å². The second-order valence-electron chi connectivity index (χ2n) is 6.97. The molecule has 32 heavy (non-hydrogen) atoms. The minimum atomic E-state index is -0.731. The van der Waals surface area contributed by atoms with Gasteiger partial charge in [0.15, 0.2) is 6.61 Å². The lowest BCUT2D eigenvalue weighted by molar-refractivity contribution is -0.129. The van der Waals surface area contributed by atoms with Crippen LogP contribution in [0.5, 0.6) is 5.75 Å². The summed E-state index contributed by atoms with van der Waals surface area (Å²) < 4.78 is 15.0. The predicted octanol–water partition coefficient (Wildman–Crippen LogP) is 1.83. The number of ether oxygens (including phenoxy) is 3. The number of benzene rings is 1. The van der Waals surface area contributed by atoms with E-state index in [0.29, 0.717) is 30.3 Å². The van der Waals surface area contributed by atoms with Gasteiger partial charge in [0.2, 0.25) is 5.91 Å². The highest BCUT2D eigenvalue weighted by Gasteiger charge is 2.30. The third kappa shape index (κ3) is 4.83. The summed E-state index contributed by atoms with van der Waals surface area (Å²) in [7, 11) is 2.71. The Balaban J connectivity index is 1.70. The van der Waals surface area contributed by atoms with E-state index in [1.54, 1.807) is 4.90 Å². The number of carbonyl (C=O) groups is 4. The Bertz CT molecular complexity index is 1080. The van der Waals surface area contributed by atoms with Gasteiger partial charge in [0.05, 0.1) is 37.6 Å². The molecule has 0 spiro atoms. The molecule has 0 fully saturated rings. The predicted molar refractivity (Wildman–Crippen MR) is 117 cm³/mol. The topological polar surface area (TPSA) is 137 Å². The van der Waals surface area contributed by atoms with E-state index in [-0.39, 0.29) is 22.7 Å². The summed E-state index contributed by atoms with van der Waals surface area (Å²) >= 11 is 1.19. The smallest absolute Gasteiger partial charge is 0.341 e. The fourth-order valence-electron chi connectivity index (χ4n) is 3.32. The van der Waals surface area contributed by atoms with Gasteiger partial charge < -0.3 is 30.2 Å². The third-order valence-electron chi connectivity index (χ3n) is 4.94. The van der Waals surface area contributed by atoms with Gasteiger partial charge in [0.1, 0.15) is 10.8 Å². The van der Waals surface area contributed by atoms with Crippen LogP contribution >= 0.6 is 11.3 Å². The number of rotatable bonds is 6. The molecule has 0 saturated carbocycles. The number of esters is 2. The summed E-state index contributed by atoms with van der Waals surface area (Å²) in [5, 5.41) is 2.91. The average molecular weight is 461 g/mol. The van der Waals surface area contributed by atoms with Gasteiger partial charge in [-0.3, -0.25) is 9.59 Å². The van der Waals surface area contributed by atoms with Crippen molar-refractivity contribution in [3.8, 4) is 5.75 Å². The summed E-state index contributed by atoms with van der Waals surface area (Å²) in [6.07, 6.45) is 0.472. The second-order valence-corrected chi connectivity index (χ2v) is 8.08. The number of hydrogen-bond acceptors (Lipinski definition) is 9. The van der Waals surface area contributed by atoms with Crippen molar-refractivity contribution in [2.45, 2.75) is 19.9 Å². The van der Waals surface area contributed by atoms with E-state index in [0.717, 1.165) is 10.4 Å². The fraction of sp³-hybridized carbons (Fsp3) is 0.333. The maximum atomic E-state index is 12.4. The summed E-state index contributed by atoms with van der Waals surface area (Å²) in [5.74, 6) is -1.59. The normalized spacial score (nSPS) is 12.5. The Morgan fingerprint density at radius 1 is 1.19 bits per heavy atom. The fourth-order valence-corrected chi connectivity index (χ4v) is 4.58. The van der Waals surface area contributed by atoms with Crippen LogP contribution in [-0.4, -0.2) is 56.0 Å². The van der Waals surface area contributed by atoms with Crippen molar-refractivity contribution in [2.75, 3.05) is 38.4 Å². The lowest BCUT2D eigenvalue weighted by atomic mass is 10.0. The molecule has 1 aliphatic rings. The first-order valence-corrected chi connectivity index (χ1v) is 10.5. The zero-order valence-electron chi connectivity index (χ0n) is 17.9. The molecule has 2 heterocycles. The summed E-state index contributed by atoms with van der Waals surface area (Å²) in [6, 6.07) is 4.39. The van der Waals surface area contributed by atoms with Crippen molar-refractivity contribution in [2.24, 2.45) is 0 Å². The summed E-state index contributed by atoms with van der Waals surface area (Å²) in [5.41, 5.74) is 7.23. The number of fused-ring (bicyclic) bond motifs is 1. The van der Waals surface area contributed by atoms with Crippen LogP contribution in [0.15, 0.2) is 18.2 Å². The summed E-state index contributed by atoms with van der Waals surface area (Å²) in [4.78, 5) is 51.1. The molecule has 0 radical (unpaired) electrons. The van der Waals surface area contributed by atoms with Crippen LogP contribution in [0, 0.1) is 0 Å². The number of nitrogens with zero attached hydrogens (tertiary/aromatic N) is 1. The largest absolute Gasteiger partial charge is 0.495 e. The van der Waals surface area contributed by atoms with Crippen molar-refractivity contribution in [1.29, 1.82) is 0 Å². The van der Waals surface area contributed by atoms with Gasteiger partial charge in [0.25, 0.3) is 5.91 Å². The van der Waals surface area contributed by atoms with E-state index in [2.05, 4.69) is 5.32 Å². The molecular formula is C21H23N3O7S. The minimum absolute atomic E-state index is 0.0691. The Hall–Kier alpha value is -3.60. The van der Waals surface area contributed by atoms with E-state index in [1.165, 1.54) is 50.7 Å². The number of nitrogen functional groups attached to an aromatic ring is 1. The Kier molecular flexibility index (Phi) is 6.98. The van der Waals surface area contributed by atoms with Crippen molar-refractivity contribution in [3.63, 3.8) is 0 Å². The Morgan fingerprint density at radius 3 is 2.56 bits per heavy atom. The van der Waals surface area contributed by atoms with Crippen molar-refractivity contribution in [1.82, 2.24) is 4.90 Å². The van der Waals surface area contributed by atoms with Gasteiger partial charge in [0, 0.05) is 18.3 Å². The number of nitrogens with one attached hydrogen (secondary N) is 1. The minimum Gasteiger partial charge on any atom is -0.495 e. The van der Waals surface area contributed by atoms with Crippen LogP contribution in [0.3, 0.4) is 0 Å². The number of carbonyl (C=O) groups excluding carboxylic acids is 4. The first kappa shape index (κ1) is 23.1. The molecule has 170 valence electrons. The molecule has 2 amide bonds. The number of thiophene rings is 1. The molecule has 0 unspecified atom stereocenters. The molecule has 1 aliphatic heterocycles. The average Bonchev–Trinajstić information content (AvgIpc) is 3.13. The van der Waals surface area contributed by atoms with E-state index < -0.39 is 24.5 Å². The SMILES string of the molecule is COC(=O)c1c(NC(=O)COC(=O)c2ccc(OC)c(N)c2)sc2c1CCN(C(C)=O)C2. The monoisotopic (exact) mass is 461 g/mol. The standard InChI is InChI=1S/C21H23N3O7S/c1-11(25)24-7-6-13-16(9-24)32-19(18(13)21(28)30-3)23-17(26)10-31-20(27)12-4-5-15(29-2)14(22)8-12/h4-5,8H,6-7,9-10,22H2,1-3H3,(H,23,26). The molecule has 3 N–H and O–H groups in total. The molecule has 0 aliphatic carbocycles. The van der Waals surface area contributed by atoms with E-state index >= 15 is 0 Å². The molecule has 2 aromatic rings. The number of hydrogen-bond donors (Lipinski definition) is 2. The number of anilines is 2. The molecule has 1 aromatic heterocycles. The van der Waals surface area contributed by atoms with Crippen molar-refractivity contribution >= 4 is 45.8 Å². The third-order valence-corrected chi connectivity index (χ3v) is 6.08. The van der Waals surface area contributed by atoms with Crippen LogP contribution in [-0.2, 0) is 32.0 Å². The van der Waals surface area contributed by atoms with Crippen LogP contribution in [0.1, 0.15) is 38.1 Å². The van der Waals surface area contributed by atoms with Crippen molar-refractivity contribution in [3.05, 3.63) is 39.8 Å². The Labute approximate surface area is 188 Å². The zero-order chi connectivity index (χ0) is 23.4. The molecular weight excluding hydrogens is 438 g/mol. The van der Waals surface area contributed by atoms with Gasteiger partial charge in [-0.1, -0.05) is 0 Å². The highest BCUT2D eigenvalue weighted by Crippen LogP contribution is 2.37. The lowest BCUT2D eigenvalue weighted by Gasteiger charge is -2.25. The quantitative estimate of drug-likeness (QED) is 0.491. The van der Waals surface area contributed by atoms with Gasteiger partial charge >= 0.3 is 11.9 Å². The maximum Gasteiger partial charge on any atom is 0.341 e. The highest BCUT2D eigenvalue weighted by atomic mass is 32.1. The molecule has 0 bridgehead atoms. The van der Waals surface area contributed by atoms with Gasteiger partial charge in [-0.15, -0.1) is 11.3 Å². The Morgan fingerprint density at radius 2 is 1.94 bits per heavy atom. The number of methoxy groups -OCH3 is 2. The molecule has 3 rings (SSSR count). The van der Waals surface area contributed by atoms with Crippen LogP contribution < -0.4 is 15.8 Å². The van der Waals surface area contributed by atoms with Crippen LogP contribution in [0.2, 0.25) is 0 Å². The van der Waals surface area contributed by atoms with E-state index in [4.69, 9.17) is 19.9 Å².